The second-order valence-electron chi connectivity index (χ2n) is 8.82. The highest BCUT2D eigenvalue weighted by Gasteiger charge is 2.31. The molecule has 29 heavy (non-hydrogen) atoms. The summed E-state index contributed by atoms with van der Waals surface area (Å²) in [5, 5.41) is 0. The van der Waals surface area contributed by atoms with Gasteiger partial charge in [0.1, 0.15) is 17.3 Å². The smallest absolute Gasteiger partial charge is 0.180 e. The number of ether oxygens (including phenoxy) is 1. The van der Waals surface area contributed by atoms with Gasteiger partial charge in [-0.1, -0.05) is 19.8 Å². The highest BCUT2D eigenvalue weighted by atomic mass is 16.5. The van der Waals surface area contributed by atoms with Crippen molar-refractivity contribution in [2.45, 2.75) is 58.3 Å². The number of carbonyl (C=O) groups excluding carboxylic acids is 1. The van der Waals surface area contributed by atoms with E-state index >= 15 is 0 Å². The Morgan fingerprint density at radius 3 is 2.76 bits per heavy atom. The second kappa shape index (κ2) is 8.09. The minimum atomic E-state index is 0.182. The van der Waals surface area contributed by atoms with Gasteiger partial charge in [0.15, 0.2) is 11.6 Å². The van der Waals surface area contributed by atoms with E-state index in [4.69, 9.17) is 14.7 Å². The standard InChI is InChI=1S/C23H30N4O2/c1-23(10-4-5-11-23)14-16(28)15-27(2)22-18-7-6-8-19(18)25-21(26-22)20-13-17(29-3)9-12-24-20/h9,12-13H,4-8,10-11,14-15H2,1-3H3. The van der Waals surface area contributed by atoms with E-state index in [1.807, 2.05) is 24.1 Å². The summed E-state index contributed by atoms with van der Waals surface area (Å²) in [6, 6.07) is 3.67. The second-order valence-corrected chi connectivity index (χ2v) is 8.82. The van der Waals surface area contributed by atoms with Crippen molar-refractivity contribution >= 4 is 11.6 Å². The third-order valence-corrected chi connectivity index (χ3v) is 6.32. The predicted molar refractivity (Wildman–Crippen MR) is 113 cm³/mol. The van der Waals surface area contributed by atoms with E-state index in [0.29, 0.717) is 30.3 Å². The van der Waals surface area contributed by atoms with Crippen LogP contribution in [0.3, 0.4) is 0 Å². The minimum Gasteiger partial charge on any atom is -0.497 e. The van der Waals surface area contributed by atoms with Gasteiger partial charge in [-0.25, -0.2) is 9.97 Å². The van der Waals surface area contributed by atoms with Gasteiger partial charge in [0, 0.05) is 37.0 Å². The maximum atomic E-state index is 12.8. The van der Waals surface area contributed by atoms with Crippen LogP contribution >= 0.6 is 0 Å². The molecule has 0 radical (unpaired) electrons. The molecule has 0 aliphatic heterocycles. The van der Waals surface area contributed by atoms with Gasteiger partial charge in [0.25, 0.3) is 0 Å². The van der Waals surface area contributed by atoms with E-state index in [1.165, 1.54) is 18.4 Å². The van der Waals surface area contributed by atoms with Gasteiger partial charge in [-0.3, -0.25) is 9.78 Å². The summed E-state index contributed by atoms with van der Waals surface area (Å²) in [5.41, 5.74) is 3.13. The molecule has 1 fully saturated rings. The third kappa shape index (κ3) is 4.26. The zero-order chi connectivity index (χ0) is 20.4. The molecule has 0 amide bonds. The number of aryl methyl sites for hydroxylation is 1. The van der Waals surface area contributed by atoms with E-state index in [9.17, 15) is 4.79 Å². The molecule has 1 saturated carbocycles. The van der Waals surface area contributed by atoms with Gasteiger partial charge >= 0.3 is 0 Å². The lowest BCUT2D eigenvalue weighted by atomic mass is 9.83. The van der Waals surface area contributed by atoms with Crippen molar-refractivity contribution in [3.63, 3.8) is 0 Å². The molecule has 0 saturated heterocycles. The lowest BCUT2D eigenvalue weighted by Gasteiger charge is -2.25. The molecule has 0 atom stereocenters. The molecule has 2 aromatic heterocycles. The Morgan fingerprint density at radius 1 is 1.21 bits per heavy atom. The van der Waals surface area contributed by atoms with Crippen LogP contribution < -0.4 is 9.64 Å². The number of rotatable bonds is 7. The Morgan fingerprint density at radius 2 is 2.00 bits per heavy atom. The molecule has 2 aromatic rings. The van der Waals surface area contributed by atoms with Crippen LogP contribution in [-0.4, -0.2) is 41.4 Å². The molecule has 6 heteroatoms. The number of nitrogens with zero attached hydrogens (tertiary/aromatic N) is 4. The summed E-state index contributed by atoms with van der Waals surface area (Å²) in [7, 11) is 3.61. The number of carbonyl (C=O) groups is 1. The van der Waals surface area contributed by atoms with Gasteiger partial charge in [0.05, 0.1) is 13.7 Å². The largest absolute Gasteiger partial charge is 0.497 e. The SMILES string of the molecule is COc1ccnc(-c2nc3c(c(N(C)CC(=O)CC4(C)CCCC4)n2)CCC3)c1. The van der Waals surface area contributed by atoms with Gasteiger partial charge in [-0.2, -0.15) is 0 Å². The molecule has 154 valence electrons. The van der Waals surface area contributed by atoms with E-state index in [1.54, 1.807) is 13.3 Å². The first kappa shape index (κ1) is 19.8. The van der Waals surface area contributed by atoms with Crippen LogP contribution in [0.15, 0.2) is 18.3 Å². The molecule has 6 nitrogen and oxygen atoms in total. The first-order chi connectivity index (χ1) is 14.0. The predicted octanol–water partition coefficient (Wildman–Crippen LogP) is 4.01. The lowest BCUT2D eigenvalue weighted by molar-refractivity contribution is -0.119. The van der Waals surface area contributed by atoms with E-state index in [2.05, 4.69) is 11.9 Å². The van der Waals surface area contributed by atoms with Gasteiger partial charge in [0.2, 0.25) is 0 Å². The molecule has 0 aromatic carbocycles. The number of hydrogen-bond acceptors (Lipinski definition) is 6. The van der Waals surface area contributed by atoms with Crippen LogP contribution in [0.1, 0.15) is 56.7 Å². The quantitative estimate of drug-likeness (QED) is 0.707. The Balaban J connectivity index is 1.59. The Kier molecular flexibility index (Phi) is 5.52. The van der Waals surface area contributed by atoms with Crippen LogP contribution in [0.25, 0.3) is 11.5 Å². The summed E-state index contributed by atoms with van der Waals surface area (Å²) in [5.74, 6) is 2.50. The molecule has 2 aliphatic carbocycles. The topological polar surface area (TPSA) is 68.2 Å². The monoisotopic (exact) mass is 394 g/mol. The zero-order valence-corrected chi connectivity index (χ0v) is 17.7. The highest BCUT2D eigenvalue weighted by molar-refractivity contribution is 5.84. The summed E-state index contributed by atoms with van der Waals surface area (Å²) in [6.07, 6.45) is 10.2. The number of ketones is 1. The maximum Gasteiger partial charge on any atom is 0.180 e. The summed E-state index contributed by atoms with van der Waals surface area (Å²) >= 11 is 0. The number of likely N-dealkylation sites (N-methyl/N-ethyl adjacent to an activating group) is 1. The lowest BCUT2D eigenvalue weighted by Crippen LogP contribution is -2.30. The van der Waals surface area contributed by atoms with Crippen LogP contribution in [0.4, 0.5) is 5.82 Å². The normalized spacial score (nSPS) is 17.2. The van der Waals surface area contributed by atoms with Crippen LogP contribution in [0.5, 0.6) is 5.75 Å². The van der Waals surface area contributed by atoms with Crippen LogP contribution in [0, 0.1) is 5.41 Å². The average molecular weight is 395 g/mol. The van der Waals surface area contributed by atoms with E-state index in [-0.39, 0.29) is 5.41 Å². The van der Waals surface area contributed by atoms with Crippen molar-refractivity contribution in [2.24, 2.45) is 5.41 Å². The van der Waals surface area contributed by atoms with Crippen molar-refractivity contribution in [2.75, 3.05) is 25.6 Å². The van der Waals surface area contributed by atoms with Gasteiger partial charge in [-0.15, -0.1) is 0 Å². The number of methoxy groups -OCH3 is 1. The molecule has 0 unspecified atom stereocenters. The van der Waals surface area contributed by atoms with Crippen molar-refractivity contribution < 1.29 is 9.53 Å². The third-order valence-electron chi connectivity index (χ3n) is 6.32. The van der Waals surface area contributed by atoms with Crippen molar-refractivity contribution in [3.05, 3.63) is 29.6 Å². The van der Waals surface area contributed by atoms with Crippen molar-refractivity contribution in [1.29, 1.82) is 0 Å². The first-order valence-corrected chi connectivity index (χ1v) is 10.6. The van der Waals surface area contributed by atoms with Crippen LogP contribution in [0.2, 0.25) is 0 Å². The number of Topliss-reactive ketones (excluding diaryl/α,β-unsaturated/α-hetero) is 1. The minimum absolute atomic E-state index is 0.182. The van der Waals surface area contributed by atoms with E-state index in [0.717, 1.165) is 49.4 Å². The highest BCUT2D eigenvalue weighted by Crippen LogP contribution is 2.40. The van der Waals surface area contributed by atoms with Gasteiger partial charge < -0.3 is 9.64 Å². The molecule has 2 aliphatic rings. The maximum absolute atomic E-state index is 12.8. The summed E-state index contributed by atoms with van der Waals surface area (Å²) in [6.45, 7) is 2.65. The number of hydrogen-bond donors (Lipinski definition) is 0. The Labute approximate surface area is 172 Å². The van der Waals surface area contributed by atoms with Crippen molar-refractivity contribution in [3.8, 4) is 17.3 Å². The molecule has 0 bridgehead atoms. The molecule has 0 spiro atoms. The average Bonchev–Trinajstić information content (AvgIpc) is 3.35. The molecule has 0 N–H and O–H groups in total. The fourth-order valence-corrected chi connectivity index (χ4v) is 4.78. The Hall–Kier alpha value is -2.50. The van der Waals surface area contributed by atoms with Crippen molar-refractivity contribution in [1.82, 2.24) is 15.0 Å². The Bertz CT molecular complexity index is 906. The molecular formula is C23H30N4O2. The fraction of sp³-hybridized carbons (Fsp3) is 0.565. The number of anilines is 1. The molecular weight excluding hydrogens is 364 g/mol. The van der Waals surface area contributed by atoms with Gasteiger partial charge in [-0.05, 0) is 43.6 Å². The summed E-state index contributed by atoms with van der Waals surface area (Å²) in [4.78, 5) is 28.9. The molecule has 2 heterocycles. The molecule has 4 rings (SSSR count). The zero-order valence-electron chi connectivity index (χ0n) is 17.7. The number of aromatic nitrogens is 3. The first-order valence-electron chi connectivity index (χ1n) is 10.6. The summed E-state index contributed by atoms with van der Waals surface area (Å²) < 4.78 is 5.32. The number of fused-ring (bicyclic) bond motifs is 1. The van der Waals surface area contributed by atoms with E-state index < -0.39 is 0 Å². The van der Waals surface area contributed by atoms with Crippen LogP contribution in [-0.2, 0) is 17.6 Å². The fourth-order valence-electron chi connectivity index (χ4n) is 4.78. The number of pyridine rings is 1.